The van der Waals surface area contributed by atoms with Crippen molar-refractivity contribution in [1.29, 1.82) is 0 Å². The molecule has 1 heterocycles. The van der Waals surface area contributed by atoms with Crippen LogP contribution >= 0.6 is 11.8 Å². The Balaban J connectivity index is 2.57. The summed E-state index contributed by atoms with van der Waals surface area (Å²) < 4.78 is 35.8. The van der Waals surface area contributed by atoms with Gasteiger partial charge in [-0.3, -0.25) is 0 Å². The Labute approximate surface area is 66.3 Å². The summed E-state index contributed by atoms with van der Waals surface area (Å²) in [4.78, 5) is 0. The van der Waals surface area contributed by atoms with E-state index in [0.29, 0.717) is 11.8 Å². The first-order valence-corrected chi connectivity index (χ1v) is 4.01. The van der Waals surface area contributed by atoms with Crippen molar-refractivity contribution < 1.29 is 18.3 Å². The maximum atomic E-state index is 11.9. The van der Waals surface area contributed by atoms with Crippen LogP contribution in [-0.2, 0) is 0 Å². The standard InChI is InChI=1S/C6H7F3OS/c7-6(8,9)5-3-4(10)1-2-11-5/h1-2,4-5,10H,3H2. The number of rotatable bonds is 0. The lowest BCUT2D eigenvalue weighted by Crippen LogP contribution is -2.30. The van der Waals surface area contributed by atoms with Crippen LogP contribution in [0.3, 0.4) is 0 Å². The first-order valence-electron chi connectivity index (χ1n) is 3.07. The molecule has 0 radical (unpaired) electrons. The van der Waals surface area contributed by atoms with Crippen LogP contribution in [0.5, 0.6) is 0 Å². The van der Waals surface area contributed by atoms with Crippen molar-refractivity contribution >= 4 is 11.8 Å². The largest absolute Gasteiger partial charge is 0.400 e. The lowest BCUT2D eigenvalue weighted by molar-refractivity contribution is -0.133. The van der Waals surface area contributed by atoms with E-state index in [9.17, 15) is 13.2 Å². The van der Waals surface area contributed by atoms with Gasteiger partial charge in [-0.25, -0.2) is 0 Å². The van der Waals surface area contributed by atoms with E-state index in [4.69, 9.17) is 5.11 Å². The molecule has 0 saturated heterocycles. The summed E-state index contributed by atoms with van der Waals surface area (Å²) in [5, 5.41) is 8.70. The fourth-order valence-electron chi connectivity index (χ4n) is 0.795. The normalized spacial score (nSPS) is 32.4. The monoisotopic (exact) mass is 184 g/mol. The summed E-state index contributed by atoms with van der Waals surface area (Å²) in [5.74, 6) is 0. The maximum absolute atomic E-state index is 11.9. The first kappa shape index (κ1) is 8.93. The number of halogens is 3. The second kappa shape index (κ2) is 3.06. The molecule has 0 amide bonds. The average Bonchev–Trinajstić information content (AvgIpc) is 1.86. The molecule has 2 unspecified atom stereocenters. The van der Waals surface area contributed by atoms with Gasteiger partial charge >= 0.3 is 6.18 Å². The highest BCUT2D eigenvalue weighted by atomic mass is 32.2. The fourth-order valence-corrected chi connectivity index (χ4v) is 1.72. The van der Waals surface area contributed by atoms with Crippen LogP contribution in [0.25, 0.3) is 0 Å². The van der Waals surface area contributed by atoms with Gasteiger partial charge in [0.25, 0.3) is 0 Å². The van der Waals surface area contributed by atoms with Gasteiger partial charge in [0.1, 0.15) is 5.25 Å². The van der Waals surface area contributed by atoms with Gasteiger partial charge in [-0.1, -0.05) is 0 Å². The summed E-state index contributed by atoms with van der Waals surface area (Å²) in [6, 6.07) is 0. The van der Waals surface area contributed by atoms with Gasteiger partial charge in [-0.05, 0) is 17.9 Å². The maximum Gasteiger partial charge on any atom is 0.400 e. The molecule has 0 aliphatic carbocycles. The van der Waals surface area contributed by atoms with E-state index in [1.807, 2.05) is 0 Å². The molecular formula is C6H7F3OS. The van der Waals surface area contributed by atoms with E-state index in [2.05, 4.69) is 0 Å². The Hall–Kier alpha value is -0.160. The quantitative estimate of drug-likeness (QED) is 0.620. The van der Waals surface area contributed by atoms with Gasteiger partial charge in [0, 0.05) is 0 Å². The SMILES string of the molecule is OC1C=CSC(C(F)(F)F)C1. The van der Waals surface area contributed by atoms with Gasteiger partial charge in [0.2, 0.25) is 0 Å². The summed E-state index contributed by atoms with van der Waals surface area (Å²) >= 11 is 0.708. The molecule has 11 heavy (non-hydrogen) atoms. The molecule has 64 valence electrons. The lowest BCUT2D eigenvalue weighted by atomic mass is 10.2. The second-order valence-electron chi connectivity index (χ2n) is 2.30. The Kier molecular flexibility index (Phi) is 2.49. The predicted octanol–water partition coefficient (Wildman–Crippen LogP) is 1.93. The number of hydrogen-bond acceptors (Lipinski definition) is 2. The van der Waals surface area contributed by atoms with Gasteiger partial charge in [-0.2, -0.15) is 13.2 Å². The molecule has 1 aliphatic rings. The Morgan fingerprint density at radius 2 is 2.09 bits per heavy atom. The zero-order chi connectivity index (χ0) is 8.48. The van der Waals surface area contributed by atoms with Crippen LogP contribution in [-0.4, -0.2) is 22.6 Å². The van der Waals surface area contributed by atoms with Gasteiger partial charge in [0.05, 0.1) is 6.10 Å². The smallest absolute Gasteiger partial charge is 0.389 e. The zero-order valence-electron chi connectivity index (χ0n) is 5.51. The molecule has 1 rings (SSSR count). The number of aliphatic hydroxyl groups excluding tert-OH is 1. The topological polar surface area (TPSA) is 20.2 Å². The highest BCUT2D eigenvalue weighted by Gasteiger charge is 2.41. The third-order valence-corrected chi connectivity index (χ3v) is 2.47. The molecule has 0 saturated carbocycles. The van der Waals surface area contributed by atoms with Crippen LogP contribution in [0.2, 0.25) is 0 Å². The van der Waals surface area contributed by atoms with Crippen LogP contribution in [0.4, 0.5) is 13.2 Å². The summed E-state index contributed by atoms with van der Waals surface area (Å²) in [6.45, 7) is 0. The van der Waals surface area contributed by atoms with Crippen molar-refractivity contribution in [2.75, 3.05) is 0 Å². The molecule has 1 nitrogen and oxygen atoms in total. The Morgan fingerprint density at radius 1 is 1.45 bits per heavy atom. The molecule has 0 aromatic rings. The van der Waals surface area contributed by atoms with Crippen molar-refractivity contribution in [2.24, 2.45) is 0 Å². The van der Waals surface area contributed by atoms with Crippen LogP contribution in [0, 0.1) is 0 Å². The molecule has 5 heteroatoms. The highest BCUT2D eigenvalue weighted by molar-refractivity contribution is 8.02. The van der Waals surface area contributed by atoms with Gasteiger partial charge in [-0.15, -0.1) is 11.8 Å². The molecule has 0 bridgehead atoms. The van der Waals surface area contributed by atoms with E-state index in [-0.39, 0.29) is 6.42 Å². The highest BCUT2D eigenvalue weighted by Crippen LogP contribution is 2.36. The number of hydrogen-bond donors (Lipinski definition) is 1. The summed E-state index contributed by atoms with van der Waals surface area (Å²) in [7, 11) is 0. The van der Waals surface area contributed by atoms with Crippen molar-refractivity contribution in [1.82, 2.24) is 0 Å². The third kappa shape index (κ3) is 2.41. The number of alkyl halides is 3. The van der Waals surface area contributed by atoms with Crippen LogP contribution < -0.4 is 0 Å². The van der Waals surface area contributed by atoms with Crippen molar-refractivity contribution in [2.45, 2.75) is 24.0 Å². The van der Waals surface area contributed by atoms with Crippen LogP contribution in [0.15, 0.2) is 11.5 Å². The van der Waals surface area contributed by atoms with E-state index in [1.165, 1.54) is 11.5 Å². The van der Waals surface area contributed by atoms with Gasteiger partial charge < -0.3 is 5.11 Å². The molecule has 2 atom stereocenters. The van der Waals surface area contributed by atoms with E-state index in [1.54, 1.807) is 0 Å². The Morgan fingerprint density at radius 3 is 2.45 bits per heavy atom. The minimum absolute atomic E-state index is 0.231. The molecule has 0 aromatic carbocycles. The Bertz CT molecular complexity index is 166. The van der Waals surface area contributed by atoms with Crippen molar-refractivity contribution in [3.05, 3.63) is 11.5 Å². The zero-order valence-corrected chi connectivity index (χ0v) is 6.32. The molecule has 1 N–H and O–H groups in total. The lowest BCUT2D eigenvalue weighted by Gasteiger charge is -2.22. The average molecular weight is 184 g/mol. The van der Waals surface area contributed by atoms with Crippen LogP contribution in [0.1, 0.15) is 6.42 Å². The number of thioether (sulfide) groups is 1. The van der Waals surface area contributed by atoms with E-state index >= 15 is 0 Å². The minimum Gasteiger partial charge on any atom is -0.389 e. The van der Waals surface area contributed by atoms with Crippen molar-refractivity contribution in [3.8, 4) is 0 Å². The molecule has 0 spiro atoms. The molecule has 0 fully saturated rings. The third-order valence-electron chi connectivity index (χ3n) is 1.36. The fraction of sp³-hybridized carbons (Fsp3) is 0.667. The summed E-state index contributed by atoms with van der Waals surface area (Å²) in [5.41, 5.74) is 0. The van der Waals surface area contributed by atoms with E-state index < -0.39 is 17.5 Å². The molecule has 0 aromatic heterocycles. The van der Waals surface area contributed by atoms with E-state index in [0.717, 1.165) is 0 Å². The molecular weight excluding hydrogens is 177 g/mol. The summed E-state index contributed by atoms with van der Waals surface area (Å²) in [6.07, 6.45) is -4.00. The second-order valence-corrected chi connectivity index (χ2v) is 3.41. The predicted molar refractivity (Wildman–Crippen MR) is 37.2 cm³/mol. The minimum atomic E-state index is -4.20. The first-order chi connectivity index (χ1) is 5.00. The van der Waals surface area contributed by atoms with Crippen molar-refractivity contribution in [3.63, 3.8) is 0 Å². The molecule has 1 aliphatic heterocycles. The van der Waals surface area contributed by atoms with Gasteiger partial charge in [0.15, 0.2) is 0 Å². The number of aliphatic hydroxyl groups is 1.